The quantitative estimate of drug-likeness (QED) is 0.911. The van der Waals surface area contributed by atoms with Gasteiger partial charge in [0.05, 0.1) is 12.5 Å². The maximum Gasteiger partial charge on any atom is 0.308 e. The average molecular weight is 267 g/mol. The van der Waals surface area contributed by atoms with Gasteiger partial charge in [0.2, 0.25) is 0 Å². The van der Waals surface area contributed by atoms with E-state index in [1.807, 2.05) is 0 Å². The molecule has 0 aliphatic carbocycles. The smallest absolute Gasteiger partial charge is 0.308 e. The summed E-state index contributed by atoms with van der Waals surface area (Å²) < 4.78 is 1.47. The second kappa shape index (κ2) is 5.14. The van der Waals surface area contributed by atoms with Crippen LogP contribution in [0, 0.1) is 5.92 Å². The summed E-state index contributed by atoms with van der Waals surface area (Å²) in [6.07, 6.45) is 0. The number of tetrazole rings is 1. The Bertz CT molecular complexity index is 552. The minimum atomic E-state index is -0.882. The van der Waals surface area contributed by atoms with Crippen LogP contribution in [0.5, 0.6) is 0 Å². The number of benzene rings is 1. The maximum atomic E-state index is 10.8. The number of aromatic nitrogens is 4. The van der Waals surface area contributed by atoms with Crippen molar-refractivity contribution in [3.05, 3.63) is 29.3 Å². The van der Waals surface area contributed by atoms with E-state index in [9.17, 15) is 4.79 Å². The SMILES string of the molecule is CC(Cn1nnnc1-c1ccc(Cl)cc1)C(=O)O. The molecule has 0 radical (unpaired) electrons. The van der Waals surface area contributed by atoms with Crippen molar-refractivity contribution in [2.24, 2.45) is 5.92 Å². The normalized spacial score (nSPS) is 12.3. The molecule has 0 bridgehead atoms. The predicted molar refractivity (Wildman–Crippen MR) is 65.1 cm³/mol. The van der Waals surface area contributed by atoms with Gasteiger partial charge in [-0.1, -0.05) is 18.5 Å². The van der Waals surface area contributed by atoms with E-state index in [1.165, 1.54) is 4.68 Å². The molecule has 0 aliphatic rings. The number of hydrogen-bond donors (Lipinski definition) is 1. The van der Waals surface area contributed by atoms with E-state index in [0.29, 0.717) is 10.8 Å². The van der Waals surface area contributed by atoms with Crippen LogP contribution in [0.1, 0.15) is 6.92 Å². The molecule has 2 aromatic rings. The minimum Gasteiger partial charge on any atom is -0.481 e. The molecule has 0 fully saturated rings. The summed E-state index contributed by atoms with van der Waals surface area (Å²) >= 11 is 5.80. The maximum absolute atomic E-state index is 10.8. The molecule has 6 nitrogen and oxygen atoms in total. The number of rotatable bonds is 4. The lowest BCUT2D eigenvalue weighted by Crippen LogP contribution is -2.18. The van der Waals surface area contributed by atoms with Crippen molar-refractivity contribution < 1.29 is 9.90 Å². The van der Waals surface area contributed by atoms with E-state index in [-0.39, 0.29) is 6.54 Å². The Labute approximate surface area is 108 Å². The van der Waals surface area contributed by atoms with Gasteiger partial charge in [0.15, 0.2) is 5.82 Å². The third-order valence-corrected chi connectivity index (χ3v) is 2.75. The molecule has 7 heteroatoms. The number of carboxylic acids is 1. The first-order chi connectivity index (χ1) is 8.58. The first-order valence-corrected chi connectivity index (χ1v) is 5.70. The van der Waals surface area contributed by atoms with Crippen LogP contribution in [-0.4, -0.2) is 31.3 Å². The van der Waals surface area contributed by atoms with Crippen LogP contribution in [-0.2, 0) is 11.3 Å². The van der Waals surface area contributed by atoms with Gasteiger partial charge in [0.1, 0.15) is 0 Å². The molecular weight excluding hydrogens is 256 g/mol. The second-order valence-corrected chi connectivity index (χ2v) is 4.37. The van der Waals surface area contributed by atoms with Crippen molar-refractivity contribution in [3.8, 4) is 11.4 Å². The molecule has 18 heavy (non-hydrogen) atoms. The molecule has 0 saturated carbocycles. The van der Waals surface area contributed by atoms with Crippen LogP contribution in [0.15, 0.2) is 24.3 Å². The first kappa shape index (κ1) is 12.5. The third kappa shape index (κ3) is 2.65. The van der Waals surface area contributed by atoms with Crippen LogP contribution >= 0.6 is 11.6 Å². The van der Waals surface area contributed by atoms with Crippen molar-refractivity contribution in [1.82, 2.24) is 20.2 Å². The number of hydrogen-bond acceptors (Lipinski definition) is 4. The van der Waals surface area contributed by atoms with Crippen LogP contribution < -0.4 is 0 Å². The van der Waals surface area contributed by atoms with Gasteiger partial charge >= 0.3 is 5.97 Å². The first-order valence-electron chi connectivity index (χ1n) is 5.33. The van der Waals surface area contributed by atoms with Gasteiger partial charge in [-0.3, -0.25) is 4.79 Å². The lowest BCUT2D eigenvalue weighted by molar-refractivity contribution is -0.141. The van der Waals surface area contributed by atoms with E-state index in [2.05, 4.69) is 15.5 Å². The summed E-state index contributed by atoms with van der Waals surface area (Å²) in [6, 6.07) is 7.04. The molecule has 1 N–H and O–H groups in total. The summed E-state index contributed by atoms with van der Waals surface area (Å²) in [5.74, 6) is -0.910. The standard InChI is InChI=1S/C11H11ClN4O2/c1-7(11(17)18)6-16-10(13-14-15-16)8-2-4-9(12)5-3-8/h2-5,7H,6H2,1H3,(H,17,18). The number of nitrogens with zero attached hydrogens (tertiary/aromatic N) is 4. The van der Waals surface area contributed by atoms with E-state index in [4.69, 9.17) is 16.7 Å². The highest BCUT2D eigenvalue weighted by Crippen LogP contribution is 2.19. The van der Waals surface area contributed by atoms with Gasteiger partial charge in [-0.2, -0.15) is 0 Å². The van der Waals surface area contributed by atoms with Crippen molar-refractivity contribution in [2.75, 3.05) is 0 Å². The molecule has 1 heterocycles. The van der Waals surface area contributed by atoms with Crippen molar-refractivity contribution in [3.63, 3.8) is 0 Å². The fourth-order valence-electron chi connectivity index (χ4n) is 1.47. The molecule has 0 aliphatic heterocycles. The molecule has 2 rings (SSSR count). The summed E-state index contributed by atoms with van der Waals surface area (Å²) in [5, 5.41) is 20.8. The van der Waals surface area contributed by atoms with Gasteiger partial charge in [-0.25, -0.2) is 4.68 Å². The molecule has 1 atom stereocenters. The molecule has 0 saturated heterocycles. The Hall–Kier alpha value is -1.95. The van der Waals surface area contributed by atoms with E-state index >= 15 is 0 Å². The van der Waals surface area contributed by atoms with Crippen molar-refractivity contribution >= 4 is 17.6 Å². The fourth-order valence-corrected chi connectivity index (χ4v) is 1.60. The molecule has 94 valence electrons. The second-order valence-electron chi connectivity index (χ2n) is 3.93. The minimum absolute atomic E-state index is 0.223. The topological polar surface area (TPSA) is 80.9 Å². The van der Waals surface area contributed by atoms with E-state index in [1.54, 1.807) is 31.2 Å². The van der Waals surface area contributed by atoms with Gasteiger partial charge in [0, 0.05) is 10.6 Å². The molecule has 0 amide bonds. The highest BCUT2D eigenvalue weighted by Gasteiger charge is 2.16. The number of carboxylic acid groups (broad SMARTS) is 1. The van der Waals surface area contributed by atoms with Gasteiger partial charge in [0.25, 0.3) is 0 Å². The lowest BCUT2D eigenvalue weighted by Gasteiger charge is -2.07. The number of aliphatic carboxylic acids is 1. The van der Waals surface area contributed by atoms with Gasteiger partial charge < -0.3 is 5.11 Å². The van der Waals surface area contributed by atoms with Gasteiger partial charge in [-0.15, -0.1) is 5.10 Å². The van der Waals surface area contributed by atoms with Crippen LogP contribution in [0.25, 0.3) is 11.4 Å². The number of halogens is 1. The molecule has 0 spiro atoms. The molecule has 1 unspecified atom stereocenters. The monoisotopic (exact) mass is 266 g/mol. The molecule has 1 aromatic carbocycles. The molecule has 1 aromatic heterocycles. The predicted octanol–water partition coefficient (Wildman–Crippen LogP) is 1.71. The summed E-state index contributed by atoms with van der Waals surface area (Å²) in [6.45, 7) is 1.83. The van der Waals surface area contributed by atoms with Crippen LogP contribution in [0.3, 0.4) is 0 Å². The fraction of sp³-hybridized carbons (Fsp3) is 0.273. The Kier molecular flexibility index (Phi) is 3.57. The Morgan fingerprint density at radius 2 is 2.11 bits per heavy atom. The Balaban J connectivity index is 2.27. The summed E-state index contributed by atoms with van der Waals surface area (Å²) in [4.78, 5) is 10.8. The summed E-state index contributed by atoms with van der Waals surface area (Å²) in [7, 11) is 0. The highest BCUT2D eigenvalue weighted by atomic mass is 35.5. The van der Waals surface area contributed by atoms with Crippen LogP contribution in [0.2, 0.25) is 5.02 Å². The average Bonchev–Trinajstić information content (AvgIpc) is 2.78. The van der Waals surface area contributed by atoms with E-state index < -0.39 is 11.9 Å². The van der Waals surface area contributed by atoms with Crippen molar-refractivity contribution in [1.29, 1.82) is 0 Å². The number of carbonyl (C=O) groups is 1. The summed E-state index contributed by atoms with van der Waals surface area (Å²) in [5.41, 5.74) is 0.794. The van der Waals surface area contributed by atoms with Crippen LogP contribution in [0.4, 0.5) is 0 Å². The van der Waals surface area contributed by atoms with Crippen molar-refractivity contribution in [2.45, 2.75) is 13.5 Å². The lowest BCUT2D eigenvalue weighted by atomic mass is 10.1. The zero-order valence-electron chi connectivity index (χ0n) is 9.62. The Morgan fingerprint density at radius 1 is 1.44 bits per heavy atom. The van der Waals surface area contributed by atoms with E-state index in [0.717, 1.165) is 5.56 Å². The largest absolute Gasteiger partial charge is 0.481 e. The zero-order valence-corrected chi connectivity index (χ0v) is 10.4. The van der Waals surface area contributed by atoms with Gasteiger partial charge in [-0.05, 0) is 34.7 Å². The third-order valence-electron chi connectivity index (χ3n) is 2.50. The highest BCUT2D eigenvalue weighted by molar-refractivity contribution is 6.30. The Morgan fingerprint density at radius 3 is 2.72 bits per heavy atom. The zero-order chi connectivity index (χ0) is 13.1. The molecular formula is C11H11ClN4O2.